The molecule has 0 saturated heterocycles. The SMILES string of the molecule is CCN(CC)CC(C)NCC(=O)NCCC#N. The van der Waals surface area contributed by atoms with Crippen LogP contribution in [-0.4, -0.2) is 49.6 Å². The highest BCUT2D eigenvalue weighted by Gasteiger charge is 2.08. The maximum atomic E-state index is 11.4. The highest BCUT2D eigenvalue weighted by atomic mass is 16.1. The molecule has 0 aliphatic carbocycles. The third-order valence-corrected chi connectivity index (χ3v) is 2.60. The number of likely N-dealkylation sites (N-methyl/N-ethyl adjacent to an activating group) is 1. The van der Waals surface area contributed by atoms with Crippen molar-refractivity contribution in [1.29, 1.82) is 5.26 Å². The van der Waals surface area contributed by atoms with Crippen molar-refractivity contribution in [2.75, 3.05) is 32.7 Å². The molecule has 0 spiro atoms. The number of hydrogen-bond acceptors (Lipinski definition) is 4. The van der Waals surface area contributed by atoms with Gasteiger partial charge in [-0.15, -0.1) is 0 Å². The average Bonchev–Trinajstić information content (AvgIpc) is 2.33. The number of carbonyl (C=O) groups is 1. The molecule has 17 heavy (non-hydrogen) atoms. The van der Waals surface area contributed by atoms with E-state index < -0.39 is 0 Å². The smallest absolute Gasteiger partial charge is 0.233 e. The van der Waals surface area contributed by atoms with Crippen LogP contribution < -0.4 is 10.6 Å². The van der Waals surface area contributed by atoms with E-state index in [4.69, 9.17) is 5.26 Å². The predicted octanol–water partition coefficient (Wildman–Crippen LogP) is 0.336. The topological polar surface area (TPSA) is 68.2 Å². The summed E-state index contributed by atoms with van der Waals surface area (Å²) in [6, 6.07) is 2.28. The third kappa shape index (κ3) is 8.66. The lowest BCUT2D eigenvalue weighted by atomic mass is 10.3. The number of carbonyl (C=O) groups excluding carboxylic acids is 1. The Hall–Kier alpha value is -1.12. The quantitative estimate of drug-likeness (QED) is 0.570. The van der Waals surface area contributed by atoms with Crippen LogP contribution in [0.1, 0.15) is 27.2 Å². The van der Waals surface area contributed by atoms with Gasteiger partial charge in [0.25, 0.3) is 0 Å². The van der Waals surface area contributed by atoms with E-state index in [9.17, 15) is 4.79 Å². The molecule has 5 nitrogen and oxygen atoms in total. The lowest BCUT2D eigenvalue weighted by Gasteiger charge is -2.23. The van der Waals surface area contributed by atoms with Crippen LogP contribution >= 0.6 is 0 Å². The highest BCUT2D eigenvalue weighted by Crippen LogP contribution is 1.91. The number of amides is 1. The molecule has 1 atom stereocenters. The summed E-state index contributed by atoms with van der Waals surface area (Å²) in [4.78, 5) is 13.7. The normalized spacial score (nSPS) is 12.2. The molecule has 2 N–H and O–H groups in total. The Labute approximate surface area is 104 Å². The van der Waals surface area contributed by atoms with Gasteiger partial charge in [0.15, 0.2) is 0 Å². The van der Waals surface area contributed by atoms with Gasteiger partial charge in [-0.2, -0.15) is 5.26 Å². The molecule has 0 radical (unpaired) electrons. The van der Waals surface area contributed by atoms with Crippen LogP contribution in [0, 0.1) is 11.3 Å². The van der Waals surface area contributed by atoms with Gasteiger partial charge in [0, 0.05) is 19.1 Å². The third-order valence-electron chi connectivity index (χ3n) is 2.60. The van der Waals surface area contributed by atoms with E-state index in [1.54, 1.807) is 0 Å². The number of hydrogen-bond donors (Lipinski definition) is 2. The first-order valence-electron chi connectivity index (χ1n) is 6.23. The number of nitriles is 1. The van der Waals surface area contributed by atoms with Gasteiger partial charge in [0.05, 0.1) is 19.0 Å². The molecule has 0 aromatic carbocycles. The minimum atomic E-state index is -0.0494. The molecule has 0 heterocycles. The number of nitrogens with zero attached hydrogens (tertiary/aromatic N) is 2. The molecular weight excluding hydrogens is 216 g/mol. The molecule has 0 aromatic heterocycles. The summed E-state index contributed by atoms with van der Waals surface area (Å²) in [5.74, 6) is -0.0494. The van der Waals surface area contributed by atoms with Crippen LogP contribution in [0.5, 0.6) is 0 Å². The van der Waals surface area contributed by atoms with E-state index in [1.807, 2.05) is 6.07 Å². The molecule has 0 saturated carbocycles. The molecule has 1 unspecified atom stereocenters. The van der Waals surface area contributed by atoms with E-state index in [1.165, 1.54) is 0 Å². The Morgan fingerprint density at radius 3 is 2.59 bits per heavy atom. The van der Waals surface area contributed by atoms with Gasteiger partial charge >= 0.3 is 0 Å². The lowest BCUT2D eigenvalue weighted by molar-refractivity contribution is -0.120. The minimum Gasteiger partial charge on any atom is -0.354 e. The second-order valence-corrected chi connectivity index (χ2v) is 4.03. The maximum absolute atomic E-state index is 11.4. The van der Waals surface area contributed by atoms with Gasteiger partial charge < -0.3 is 15.5 Å². The van der Waals surface area contributed by atoms with Crippen LogP contribution in [-0.2, 0) is 4.79 Å². The summed E-state index contributed by atoms with van der Waals surface area (Å²) in [6.45, 7) is 10.1. The molecule has 0 aromatic rings. The Balaban J connectivity index is 3.65. The zero-order chi connectivity index (χ0) is 13.1. The van der Waals surface area contributed by atoms with Crippen molar-refractivity contribution in [2.45, 2.75) is 33.2 Å². The average molecular weight is 240 g/mol. The van der Waals surface area contributed by atoms with E-state index in [-0.39, 0.29) is 11.9 Å². The van der Waals surface area contributed by atoms with Gasteiger partial charge in [0.2, 0.25) is 5.91 Å². The largest absolute Gasteiger partial charge is 0.354 e. The Morgan fingerprint density at radius 1 is 1.41 bits per heavy atom. The molecule has 0 fully saturated rings. The van der Waals surface area contributed by atoms with Gasteiger partial charge in [-0.3, -0.25) is 4.79 Å². The van der Waals surface area contributed by atoms with E-state index in [0.717, 1.165) is 19.6 Å². The van der Waals surface area contributed by atoms with Crippen LogP contribution in [0.3, 0.4) is 0 Å². The predicted molar refractivity (Wildman–Crippen MR) is 68.5 cm³/mol. The Kier molecular flexibility index (Phi) is 9.40. The first-order chi connectivity index (χ1) is 8.13. The van der Waals surface area contributed by atoms with Crippen molar-refractivity contribution in [1.82, 2.24) is 15.5 Å². The second kappa shape index (κ2) is 10.1. The molecule has 0 rings (SSSR count). The number of nitrogens with one attached hydrogen (secondary N) is 2. The van der Waals surface area contributed by atoms with Crippen LogP contribution in [0.2, 0.25) is 0 Å². The van der Waals surface area contributed by atoms with Crippen molar-refractivity contribution in [3.8, 4) is 6.07 Å². The minimum absolute atomic E-state index is 0.0494. The van der Waals surface area contributed by atoms with E-state index in [2.05, 4.69) is 36.3 Å². The summed E-state index contributed by atoms with van der Waals surface area (Å²) in [6.07, 6.45) is 0.362. The first-order valence-corrected chi connectivity index (χ1v) is 6.23. The Bertz CT molecular complexity index is 245. The fourth-order valence-corrected chi connectivity index (χ4v) is 1.52. The monoisotopic (exact) mass is 240 g/mol. The fraction of sp³-hybridized carbons (Fsp3) is 0.833. The molecule has 5 heteroatoms. The van der Waals surface area contributed by atoms with Crippen molar-refractivity contribution >= 4 is 5.91 Å². The molecule has 0 aliphatic rings. The maximum Gasteiger partial charge on any atom is 0.233 e. The zero-order valence-electron chi connectivity index (χ0n) is 11.1. The summed E-state index contributed by atoms with van der Waals surface area (Å²) >= 11 is 0. The molecule has 98 valence electrons. The summed E-state index contributed by atoms with van der Waals surface area (Å²) in [5.41, 5.74) is 0. The first kappa shape index (κ1) is 15.9. The summed E-state index contributed by atoms with van der Waals surface area (Å²) < 4.78 is 0. The van der Waals surface area contributed by atoms with Crippen molar-refractivity contribution in [3.05, 3.63) is 0 Å². The van der Waals surface area contributed by atoms with Crippen molar-refractivity contribution in [2.24, 2.45) is 0 Å². The Morgan fingerprint density at radius 2 is 2.06 bits per heavy atom. The summed E-state index contributed by atoms with van der Waals surface area (Å²) in [5, 5.41) is 14.2. The molecular formula is C12H24N4O. The highest BCUT2D eigenvalue weighted by molar-refractivity contribution is 5.77. The van der Waals surface area contributed by atoms with Crippen LogP contribution in [0.15, 0.2) is 0 Å². The second-order valence-electron chi connectivity index (χ2n) is 4.03. The molecule has 0 bridgehead atoms. The van der Waals surface area contributed by atoms with Crippen LogP contribution in [0.4, 0.5) is 0 Å². The van der Waals surface area contributed by atoms with Gasteiger partial charge in [-0.25, -0.2) is 0 Å². The molecule has 0 aliphatic heterocycles. The number of rotatable bonds is 9. The van der Waals surface area contributed by atoms with Crippen LogP contribution in [0.25, 0.3) is 0 Å². The van der Waals surface area contributed by atoms with Crippen molar-refractivity contribution in [3.63, 3.8) is 0 Å². The van der Waals surface area contributed by atoms with Gasteiger partial charge in [-0.05, 0) is 20.0 Å². The standard InChI is InChI=1S/C12H24N4O/c1-4-16(5-2)10-11(3)15-9-12(17)14-8-6-7-13/h11,15H,4-6,8-10H2,1-3H3,(H,14,17). The van der Waals surface area contributed by atoms with E-state index in [0.29, 0.717) is 19.5 Å². The van der Waals surface area contributed by atoms with Crippen molar-refractivity contribution < 1.29 is 4.79 Å². The molecule has 1 amide bonds. The summed E-state index contributed by atoms with van der Waals surface area (Å²) in [7, 11) is 0. The van der Waals surface area contributed by atoms with E-state index >= 15 is 0 Å². The lowest BCUT2D eigenvalue weighted by Crippen LogP contribution is -2.43. The van der Waals surface area contributed by atoms with Gasteiger partial charge in [-0.1, -0.05) is 13.8 Å². The fourth-order valence-electron chi connectivity index (χ4n) is 1.52. The zero-order valence-corrected chi connectivity index (χ0v) is 11.1. The van der Waals surface area contributed by atoms with Gasteiger partial charge in [0.1, 0.15) is 0 Å².